The van der Waals surface area contributed by atoms with Crippen LogP contribution in [0.15, 0.2) is 41.3 Å². The lowest BCUT2D eigenvalue weighted by Crippen LogP contribution is -2.28. The maximum Gasteiger partial charge on any atom is 0.244 e. The van der Waals surface area contributed by atoms with E-state index in [-0.39, 0.29) is 16.7 Å². The molecule has 0 heterocycles. The van der Waals surface area contributed by atoms with Gasteiger partial charge in [0.15, 0.2) is 0 Å². The van der Waals surface area contributed by atoms with Crippen LogP contribution < -0.4 is 14.2 Å². The molecule has 2 aromatic rings. The van der Waals surface area contributed by atoms with Gasteiger partial charge in [-0.25, -0.2) is 13.1 Å². The molecular formula is C18H22ClNO4S. The van der Waals surface area contributed by atoms with Crippen LogP contribution in [0, 0.1) is 6.92 Å². The minimum Gasteiger partial charge on any atom is -0.496 e. The number of benzene rings is 2. The Hall–Kier alpha value is -1.76. The average Bonchev–Trinajstić information content (AvgIpc) is 2.59. The van der Waals surface area contributed by atoms with Crippen LogP contribution in [0.5, 0.6) is 11.5 Å². The lowest BCUT2D eigenvalue weighted by molar-refractivity contribution is 0.402. The quantitative estimate of drug-likeness (QED) is 0.781. The standard InChI is InChI=1S/C18H22ClNO4S/c1-5-15(13-6-8-16(23-3)12(2)10-13)20-25(21,22)18-11-14(19)7-9-17(18)24-4/h6-11,15,20H,5H2,1-4H3/t15-/m0/s1. The molecule has 7 heteroatoms. The summed E-state index contributed by atoms with van der Waals surface area (Å²) < 4.78 is 38.8. The van der Waals surface area contributed by atoms with Crippen LogP contribution in [-0.2, 0) is 10.0 Å². The second-order valence-corrected chi connectivity index (χ2v) is 7.73. The minimum atomic E-state index is -3.80. The van der Waals surface area contributed by atoms with Gasteiger partial charge in [0.2, 0.25) is 10.0 Å². The highest BCUT2D eigenvalue weighted by molar-refractivity contribution is 7.89. The molecule has 1 atom stereocenters. The predicted octanol–water partition coefficient (Wildman–Crippen LogP) is 4.10. The summed E-state index contributed by atoms with van der Waals surface area (Å²) in [6.07, 6.45) is 0.591. The lowest BCUT2D eigenvalue weighted by Gasteiger charge is -2.20. The summed E-state index contributed by atoms with van der Waals surface area (Å²) in [5.74, 6) is 1.01. The van der Waals surface area contributed by atoms with Crippen LogP contribution >= 0.6 is 11.6 Å². The third-order valence-electron chi connectivity index (χ3n) is 3.94. The van der Waals surface area contributed by atoms with Gasteiger partial charge in [-0.05, 0) is 48.7 Å². The molecule has 0 fully saturated rings. The highest BCUT2D eigenvalue weighted by Crippen LogP contribution is 2.30. The largest absolute Gasteiger partial charge is 0.496 e. The normalized spacial score (nSPS) is 12.7. The minimum absolute atomic E-state index is 0.0196. The Morgan fingerprint density at radius 3 is 2.28 bits per heavy atom. The molecule has 0 saturated carbocycles. The molecule has 0 amide bonds. The van der Waals surface area contributed by atoms with Crippen LogP contribution in [0.25, 0.3) is 0 Å². The molecule has 0 aliphatic carbocycles. The number of methoxy groups -OCH3 is 2. The van der Waals surface area contributed by atoms with Gasteiger partial charge in [-0.15, -0.1) is 0 Å². The molecule has 1 N–H and O–H groups in total. The first-order valence-electron chi connectivity index (χ1n) is 7.82. The van der Waals surface area contributed by atoms with E-state index in [0.717, 1.165) is 16.9 Å². The van der Waals surface area contributed by atoms with E-state index in [4.69, 9.17) is 21.1 Å². The molecule has 25 heavy (non-hydrogen) atoms. The molecule has 5 nitrogen and oxygen atoms in total. The van der Waals surface area contributed by atoms with Crippen molar-refractivity contribution in [1.82, 2.24) is 4.72 Å². The first-order valence-corrected chi connectivity index (χ1v) is 9.69. The Kier molecular flexibility index (Phi) is 6.32. The first-order chi connectivity index (χ1) is 11.8. The molecule has 2 aromatic carbocycles. The maximum absolute atomic E-state index is 12.8. The van der Waals surface area contributed by atoms with Crippen molar-refractivity contribution < 1.29 is 17.9 Å². The number of halogens is 1. The lowest BCUT2D eigenvalue weighted by atomic mass is 10.0. The Labute approximate surface area is 154 Å². The SMILES string of the molecule is CC[C@H](NS(=O)(=O)c1cc(Cl)ccc1OC)c1ccc(OC)c(C)c1. The zero-order valence-electron chi connectivity index (χ0n) is 14.7. The van der Waals surface area contributed by atoms with Crippen molar-refractivity contribution in [3.05, 3.63) is 52.5 Å². The zero-order valence-corrected chi connectivity index (χ0v) is 16.2. The number of aryl methyl sites for hydroxylation is 1. The Morgan fingerprint density at radius 1 is 1.08 bits per heavy atom. The van der Waals surface area contributed by atoms with Crippen LogP contribution in [0.1, 0.15) is 30.5 Å². The maximum atomic E-state index is 12.8. The van der Waals surface area contributed by atoms with E-state index in [1.165, 1.54) is 19.2 Å². The molecule has 0 aromatic heterocycles. The van der Waals surface area contributed by atoms with E-state index in [0.29, 0.717) is 11.4 Å². The van der Waals surface area contributed by atoms with Crippen molar-refractivity contribution in [2.24, 2.45) is 0 Å². The average molecular weight is 384 g/mol. The molecule has 0 radical (unpaired) electrons. The summed E-state index contributed by atoms with van der Waals surface area (Å²) in [5, 5.41) is 0.328. The van der Waals surface area contributed by atoms with Crippen molar-refractivity contribution in [1.29, 1.82) is 0 Å². The molecule has 136 valence electrons. The summed E-state index contributed by atoms with van der Waals surface area (Å²) in [6.45, 7) is 3.84. The molecular weight excluding hydrogens is 362 g/mol. The smallest absolute Gasteiger partial charge is 0.244 e. The highest BCUT2D eigenvalue weighted by Gasteiger charge is 2.24. The van der Waals surface area contributed by atoms with Gasteiger partial charge in [0.1, 0.15) is 16.4 Å². The van der Waals surface area contributed by atoms with Crippen LogP contribution in [0.3, 0.4) is 0 Å². The van der Waals surface area contributed by atoms with E-state index in [1.807, 2.05) is 32.0 Å². The molecule has 0 saturated heterocycles. The van der Waals surface area contributed by atoms with Gasteiger partial charge >= 0.3 is 0 Å². The Morgan fingerprint density at radius 2 is 1.72 bits per heavy atom. The molecule has 0 unspecified atom stereocenters. The number of nitrogens with one attached hydrogen (secondary N) is 1. The zero-order chi connectivity index (χ0) is 18.6. The van der Waals surface area contributed by atoms with Gasteiger partial charge in [-0.1, -0.05) is 30.7 Å². The molecule has 0 spiro atoms. The van der Waals surface area contributed by atoms with E-state index < -0.39 is 10.0 Å². The van der Waals surface area contributed by atoms with Crippen LogP contribution in [0.2, 0.25) is 5.02 Å². The van der Waals surface area contributed by atoms with Crippen molar-refractivity contribution >= 4 is 21.6 Å². The van der Waals surface area contributed by atoms with E-state index in [9.17, 15) is 8.42 Å². The van der Waals surface area contributed by atoms with Gasteiger partial charge in [0.05, 0.1) is 14.2 Å². The van der Waals surface area contributed by atoms with Gasteiger partial charge < -0.3 is 9.47 Å². The van der Waals surface area contributed by atoms with Crippen molar-refractivity contribution in [3.63, 3.8) is 0 Å². The van der Waals surface area contributed by atoms with E-state index in [1.54, 1.807) is 13.2 Å². The molecule has 2 rings (SSSR count). The van der Waals surface area contributed by atoms with E-state index >= 15 is 0 Å². The van der Waals surface area contributed by atoms with E-state index in [2.05, 4.69) is 4.72 Å². The highest BCUT2D eigenvalue weighted by atomic mass is 35.5. The monoisotopic (exact) mass is 383 g/mol. The fourth-order valence-corrected chi connectivity index (χ4v) is 4.36. The van der Waals surface area contributed by atoms with Gasteiger partial charge in [-0.3, -0.25) is 0 Å². The second kappa shape index (κ2) is 8.08. The third-order valence-corrected chi connectivity index (χ3v) is 5.67. The summed E-state index contributed by atoms with van der Waals surface area (Å²) in [4.78, 5) is 0.0196. The summed E-state index contributed by atoms with van der Waals surface area (Å²) in [7, 11) is -0.777. The topological polar surface area (TPSA) is 64.6 Å². The number of ether oxygens (including phenoxy) is 2. The molecule has 0 aliphatic rings. The number of sulfonamides is 1. The van der Waals surface area contributed by atoms with Gasteiger partial charge in [0, 0.05) is 11.1 Å². The first kappa shape index (κ1) is 19.6. The fourth-order valence-electron chi connectivity index (χ4n) is 2.62. The van der Waals surface area contributed by atoms with Crippen molar-refractivity contribution in [2.75, 3.05) is 14.2 Å². The van der Waals surface area contributed by atoms with Gasteiger partial charge in [0.25, 0.3) is 0 Å². The Balaban J connectivity index is 2.38. The molecule has 0 bridgehead atoms. The van der Waals surface area contributed by atoms with Crippen LogP contribution in [-0.4, -0.2) is 22.6 Å². The number of hydrogen-bond acceptors (Lipinski definition) is 4. The molecule has 0 aliphatic heterocycles. The number of hydrogen-bond donors (Lipinski definition) is 1. The second-order valence-electron chi connectivity index (χ2n) is 5.61. The summed E-state index contributed by atoms with van der Waals surface area (Å²) in [5.41, 5.74) is 1.81. The Bertz CT molecular complexity index is 852. The van der Waals surface area contributed by atoms with Crippen molar-refractivity contribution in [2.45, 2.75) is 31.2 Å². The van der Waals surface area contributed by atoms with Crippen LogP contribution in [0.4, 0.5) is 0 Å². The predicted molar refractivity (Wildman–Crippen MR) is 99.1 cm³/mol. The summed E-state index contributed by atoms with van der Waals surface area (Å²) >= 11 is 5.96. The number of rotatable bonds is 7. The fraction of sp³-hybridized carbons (Fsp3) is 0.333. The van der Waals surface area contributed by atoms with Crippen molar-refractivity contribution in [3.8, 4) is 11.5 Å². The summed E-state index contributed by atoms with van der Waals surface area (Å²) in [6, 6.07) is 9.75. The van der Waals surface area contributed by atoms with Gasteiger partial charge in [-0.2, -0.15) is 0 Å². The third kappa shape index (κ3) is 4.45.